The van der Waals surface area contributed by atoms with Crippen LogP contribution < -0.4 is 10.1 Å². The van der Waals surface area contributed by atoms with Crippen molar-refractivity contribution in [2.24, 2.45) is 0 Å². The van der Waals surface area contributed by atoms with Gasteiger partial charge in [-0.15, -0.1) is 0 Å². The lowest BCUT2D eigenvalue weighted by atomic mass is 10.0. The summed E-state index contributed by atoms with van der Waals surface area (Å²) in [7, 11) is 0. The number of rotatable bonds is 13. The van der Waals surface area contributed by atoms with Crippen LogP contribution in [0.15, 0.2) is 78.9 Å². The zero-order valence-corrected chi connectivity index (χ0v) is 22.7. The van der Waals surface area contributed by atoms with E-state index in [9.17, 15) is 9.59 Å². The Balaban J connectivity index is 1.78. The smallest absolute Gasteiger partial charge is 0.243 e. The lowest BCUT2D eigenvalue weighted by Gasteiger charge is -2.32. The molecule has 0 aromatic heterocycles. The Labute approximate surface area is 225 Å². The minimum absolute atomic E-state index is 0.0150. The van der Waals surface area contributed by atoms with Gasteiger partial charge in [-0.3, -0.25) is 9.59 Å². The summed E-state index contributed by atoms with van der Waals surface area (Å²) >= 11 is 6.09. The van der Waals surface area contributed by atoms with E-state index in [0.29, 0.717) is 31.0 Å². The number of hydrogen-bond donors (Lipinski definition) is 1. The van der Waals surface area contributed by atoms with Gasteiger partial charge >= 0.3 is 0 Å². The standard InChI is InChI=1S/C31H37ClN2O3/c1-4-24(3)33-31(36)29(21-25-9-6-5-7-10-25)34(22-26-14-16-27(32)17-15-26)30(35)11-8-20-37-28-18-12-23(2)13-19-28/h5-7,9-10,12-19,24,29H,4,8,11,20-22H2,1-3H3,(H,33,36)/t24-,29+/m0/s1. The fourth-order valence-corrected chi connectivity index (χ4v) is 4.10. The van der Waals surface area contributed by atoms with Gasteiger partial charge in [0.05, 0.1) is 6.61 Å². The molecule has 0 radical (unpaired) electrons. The number of halogens is 1. The van der Waals surface area contributed by atoms with E-state index in [1.165, 1.54) is 5.56 Å². The summed E-state index contributed by atoms with van der Waals surface area (Å²) in [5.41, 5.74) is 3.09. The maximum atomic E-state index is 13.6. The third kappa shape index (κ3) is 9.25. The average molecular weight is 521 g/mol. The number of carbonyl (C=O) groups is 2. The van der Waals surface area contributed by atoms with Crippen LogP contribution in [0.4, 0.5) is 0 Å². The van der Waals surface area contributed by atoms with Crippen LogP contribution in [-0.2, 0) is 22.6 Å². The molecule has 0 aliphatic rings. The highest BCUT2D eigenvalue weighted by molar-refractivity contribution is 6.30. The van der Waals surface area contributed by atoms with Crippen molar-refractivity contribution in [3.05, 3.63) is 101 Å². The summed E-state index contributed by atoms with van der Waals surface area (Å²) in [5.74, 6) is 0.560. The molecule has 0 bridgehead atoms. The van der Waals surface area contributed by atoms with Gasteiger partial charge in [-0.25, -0.2) is 0 Å². The quantitative estimate of drug-likeness (QED) is 0.267. The van der Waals surface area contributed by atoms with Crippen LogP contribution >= 0.6 is 11.6 Å². The van der Waals surface area contributed by atoms with Gasteiger partial charge in [0.25, 0.3) is 0 Å². The molecule has 0 heterocycles. The van der Waals surface area contributed by atoms with Gasteiger partial charge in [0.2, 0.25) is 11.8 Å². The second-order valence-electron chi connectivity index (χ2n) is 9.44. The molecule has 1 N–H and O–H groups in total. The minimum atomic E-state index is -0.641. The summed E-state index contributed by atoms with van der Waals surface area (Å²) in [6.07, 6.45) is 2.07. The van der Waals surface area contributed by atoms with Gasteiger partial charge in [-0.2, -0.15) is 0 Å². The molecular weight excluding hydrogens is 484 g/mol. The third-order valence-corrected chi connectivity index (χ3v) is 6.61. The van der Waals surface area contributed by atoms with Gasteiger partial charge in [0, 0.05) is 30.5 Å². The largest absolute Gasteiger partial charge is 0.494 e. The molecule has 37 heavy (non-hydrogen) atoms. The Hall–Kier alpha value is -3.31. The number of aryl methyl sites for hydroxylation is 1. The number of benzene rings is 3. The third-order valence-electron chi connectivity index (χ3n) is 6.36. The van der Waals surface area contributed by atoms with Crippen molar-refractivity contribution in [2.75, 3.05) is 6.61 Å². The lowest BCUT2D eigenvalue weighted by molar-refractivity contribution is -0.141. The molecule has 5 nitrogen and oxygen atoms in total. The average Bonchev–Trinajstić information content (AvgIpc) is 2.91. The summed E-state index contributed by atoms with van der Waals surface area (Å²) in [4.78, 5) is 28.8. The van der Waals surface area contributed by atoms with E-state index in [1.807, 2.05) is 87.5 Å². The maximum Gasteiger partial charge on any atom is 0.243 e. The number of carbonyl (C=O) groups excluding carboxylic acids is 2. The van der Waals surface area contributed by atoms with E-state index in [0.717, 1.165) is 23.3 Å². The first-order valence-corrected chi connectivity index (χ1v) is 13.3. The number of hydrogen-bond acceptors (Lipinski definition) is 3. The van der Waals surface area contributed by atoms with Crippen molar-refractivity contribution in [2.45, 2.75) is 65.1 Å². The predicted octanol–water partition coefficient (Wildman–Crippen LogP) is 6.36. The first-order valence-electron chi connectivity index (χ1n) is 12.9. The molecule has 2 atom stereocenters. The first kappa shape index (κ1) is 28.3. The molecule has 0 spiro atoms. The van der Waals surface area contributed by atoms with Gasteiger partial charge < -0.3 is 15.0 Å². The second-order valence-corrected chi connectivity index (χ2v) is 9.87. The monoisotopic (exact) mass is 520 g/mol. The molecule has 6 heteroatoms. The van der Waals surface area contributed by atoms with E-state index in [1.54, 1.807) is 17.0 Å². The number of nitrogens with zero attached hydrogens (tertiary/aromatic N) is 1. The van der Waals surface area contributed by atoms with Gasteiger partial charge in [0.1, 0.15) is 11.8 Å². The van der Waals surface area contributed by atoms with E-state index in [2.05, 4.69) is 5.32 Å². The summed E-state index contributed by atoms with van der Waals surface area (Å²) in [6, 6.07) is 24.5. The van der Waals surface area contributed by atoms with Gasteiger partial charge in [0.15, 0.2) is 0 Å². The summed E-state index contributed by atoms with van der Waals surface area (Å²) < 4.78 is 5.83. The SMILES string of the molecule is CC[C@H](C)NC(=O)[C@@H](Cc1ccccc1)N(Cc1ccc(Cl)cc1)C(=O)CCCOc1ccc(C)cc1. The summed E-state index contributed by atoms with van der Waals surface area (Å²) in [6.45, 7) is 6.78. The Morgan fingerprint density at radius 3 is 2.27 bits per heavy atom. The fraction of sp³-hybridized carbons (Fsp3) is 0.355. The van der Waals surface area contributed by atoms with Crippen LogP contribution in [0.25, 0.3) is 0 Å². The zero-order valence-electron chi connectivity index (χ0n) is 22.0. The molecular formula is C31H37ClN2O3. The van der Waals surface area contributed by atoms with Crippen LogP contribution in [0, 0.1) is 6.92 Å². The molecule has 0 saturated carbocycles. The van der Waals surface area contributed by atoms with Crippen LogP contribution in [0.3, 0.4) is 0 Å². The molecule has 3 aromatic rings. The van der Waals surface area contributed by atoms with Crippen molar-refractivity contribution in [3.63, 3.8) is 0 Å². The lowest BCUT2D eigenvalue weighted by Crippen LogP contribution is -2.52. The second kappa shape index (κ2) is 14.4. The Bertz CT molecular complexity index is 1120. The van der Waals surface area contributed by atoms with Crippen LogP contribution in [0.5, 0.6) is 5.75 Å². The number of ether oxygens (including phenoxy) is 1. The highest BCUT2D eigenvalue weighted by Crippen LogP contribution is 2.19. The molecule has 0 aliphatic carbocycles. The molecule has 0 unspecified atom stereocenters. The van der Waals surface area contributed by atoms with Crippen molar-refractivity contribution >= 4 is 23.4 Å². The molecule has 3 rings (SSSR count). The highest BCUT2D eigenvalue weighted by Gasteiger charge is 2.30. The van der Waals surface area contributed by atoms with Crippen LogP contribution in [0.1, 0.15) is 49.8 Å². The van der Waals surface area contributed by atoms with E-state index in [4.69, 9.17) is 16.3 Å². The number of amides is 2. The van der Waals surface area contributed by atoms with Crippen molar-refractivity contribution in [1.29, 1.82) is 0 Å². The fourth-order valence-electron chi connectivity index (χ4n) is 3.97. The molecule has 196 valence electrons. The predicted molar refractivity (Wildman–Crippen MR) is 150 cm³/mol. The van der Waals surface area contributed by atoms with E-state index in [-0.39, 0.29) is 24.3 Å². The van der Waals surface area contributed by atoms with Crippen molar-refractivity contribution < 1.29 is 14.3 Å². The minimum Gasteiger partial charge on any atom is -0.494 e. The zero-order chi connectivity index (χ0) is 26.6. The summed E-state index contributed by atoms with van der Waals surface area (Å²) in [5, 5.41) is 3.72. The first-order chi connectivity index (χ1) is 17.9. The number of nitrogens with one attached hydrogen (secondary N) is 1. The van der Waals surface area contributed by atoms with Gasteiger partial charge in [-0.05, 0) is 62.1 Å². The Morgan fingerprint density at radius 2 is 1.62 bits per heavy atom. The van der Waals surface area contributed by atoms with Crippen molar-refractivity contribution in [3.8, 4) is 5.75 Å². The highest BCUT2D eigenvalue weighted by atomic mass is 35.5. The van der Waals surface area contributed by atoms with E-state index >= 15 is 0 Å². The molecule has 0 fully saturated rings. The molecule has 3 aromatic carbocycles. The van der Waals surface area contributed by atoms with Crippen molar-refractivity contribution in [1.82, 2.24) is 10.2 Å². The maximum absolute atomic E-state index is 13.6. The Kier molecular flexibility index (Phi) is 11.0. The van der Waals surface area contributed by atoms with E-state index < -0.39 is 6.04 Å². The molecule has 0 aliphatic heterocycles. The topological polar surface area (TPSA) is 58.6 Å². The molecule has 0 saturated heterocycles. The van der Waals surface area contributed by atoms with Crippen LogP contribution in [-0.4, -0.2) is 35.4 Å². The van der Waals surface area contributed by atoms with Gasteiger partial charge in [-0.1, -0.05) is 78.7 Å². The Morgan fingerprint density at radius 1 is 0.946 bits per heavy atom. The normalized spacial score (nSPS) is 12.4. The van der Waals surface area contributed by atoms with Crippen LogP contribution in [0.2, 0.25) is 5.02 Å². The molecule has 2 amide bonds.